The highest BCUT2D eigenvalue weighted by Gasteiger charge is 2.30. The van der Waals surface area contributed by atoms with Crippen LogP contribution in [0.3, 0.4) is 0 Å². The number of carbonyl (C=O) groups excluding carboxylic acids is 1. The Bertz CT molecular complexity index is 748. The molecule has 0 aliphatic heterocycles. The van der Waals surface area contributed by atoms with Gasteiger partial charge in [0.2, 0.25) is 5.88 Å². The molecule has 9 heteroatoms. The Balaban J connectivity index is 1.55. The lowest BCUT2D eigenvalue weighted by Gasteiger charge is -2.14. The van der Waals surface area contributed by atoms with E-state index in [2.05, 4.69) is 30.8 Å². The third kappa shape index (κ3) is 4.62. The van der Waals surface area contributed by atoms with Crippen LogP contribution < -0.4 is 15.4 Å². The molecule has 1 saturated carbocycles. The number of H-pyrrole nitrogens is 1. The van der Waals surface area contributed by atoms with Gasteiger partial charge in [-0.1, -0.05) is 0 Å². The van der Waals surface area contributed by atoms with E-state index < -0.39 is 0 Å². The molecular weight excluding hydrogens is 336 g/mol. The van der Waals surface area contributed by atoms with Gasteiger partial charge in [-0.2, -0.15) is 10.1 Å². The lowest BCUT2D eigenvalue weighted by molar-refractivity contribution is 0.0981. The molecule has 0 saturated heterocycles. The van der Waals surface area contributed by atoms with Crippen molar-refractivity contribution in [3.8, 4) is 5.88 Å². The van der Waals surface area contributed by atoms with Crippen molar-refractivity contribution in [2.45, 2.75) is 51.2 Å². The molecule has 3 rings (SSSR count). The summed E-state index contributed by atoms with van der Waals surface area (Å²) in [5.74, 6) is 1.93. The van der Waals surface area contributed by atoms with Crippen LogP contribution in [0, 0.1) is 0 Å². The number of ether oxygens (including phenoxy) is 2. The molecule has 2 heterocycles. The average molecular weight is 360 g/mol. The number of rotatable bonds is 6. The Labute approximate surface area is 151 Å². The lowest BCUT2D eigenvalue weighted by atomic mass is 10.0. The number of anilines is 2. The maximum absolute atomic E-state index is 11.7. The number of hydrogen-bond donors (Lipinski definition) is 3. The van der Waals surface area contributed by atoms with Crippen molar-refractivity contribution in [2.75, 3.05) is 12.4 Å². The van der Waals surface area contributed by atoms with Crippen LogP contribution in [0.25, 0.3) is 0 Å². The Morgan fingerprint density at radius 1 is 1.31 bits per heavy atom. The SMILES string of the molecule is COc1cncc(Nc2cc([C@H]3CC[C@@H](OC(=O)NC(C)C)C3)[nH]n2)n1. The molecule has 2 atom stereocenters. The van der Waals surface area contributed by atoms with Crippen LogP contribution >= 0.6 is 0 Å². The van der Waals surface area contributed by atoms with Crippen LogP contribution in [-0.2, 0) is 4.74 Å². The van der Waals surface area contributed by atoms with E-state index in [4.69, 9.17) is 9.47 Å². The molecule has 1 aliphatic rings. The van der Waals surface area contributed by atoms with E-state index in [0.717, 1.165) is 25.0 Å². The minimum Gasteiger partial charge on any atom is -0.480 e. The molecule has 0 bridgehead atoms. The second-order valence-corrected chi connectivity index (χ2v) is 6.62. The number of methoxy groups -OCH3 is 1. The molecular formula is C17H24N6O3. The van der Waals surface area contributed by atoms with Crippen molar-refractivity contribution in [3.05, 3.63) is 24.2 Å². The van der Waals surface area contributed by atoms with Gasteiger partial charge in [0.25, 0.3) is 0 Å². The van der Waals surface area contributed by atoms with Gasteiger partial charge in [-0.25, -0.2) is 4.79 Å². The zero-order valence-electron chi connectivity index (χ0n) is 15.2. The summed E-state index contributed by atoms with van der Waals surface area (Å²) >= 11 is 0. The van der Waals surface area contributed by atoms with Gasteiger partial charge < -0.3 is 20.1 Å². The van der Waals surface area contributed by atoms with Crippen molar-refractivity contribution in [1.29, 1.82) is 0 Å². The number of alkyl carbamates (subject to hydrolysis) is 1. The van der Waals surface area contributed by atoms with Crippen LogP contribution in [0.1, 0.15) is 44.7 Å². The monoisotopic (exact) mass is 360 g/mol. The van der Waals surface area contributed by atoms with E-state index in [-0.39, 0.29) is 24.2 Å². The highest BCUT2D eigenvalue weighted by atomic mass is 16.6. The van der Waals surface area contributed by atoms with Crippen molar-refractivity contribution in [2.24, 2.45) is 0 Å². The van der Waals surface area contributed by atoms with E-state index in [1.54, 1.807) is 13.3 Å². The molecule has 2 aromatic rings. The van der Waals surface area contributed by atoms with Gasteiger partial charge in [0, 0.05) is 23.7 Å². The van der Waals surface area contributed by atoms with Crippen LogP contribution in [0.15, 0.2) is 18.5 Å². The fraction of sp³-hybridized carbons (Fsp3) is 0.529. The maximum Gasteiger partial charge on any atom is 0.407 e. The number of hydrogen-bond acceptors (Lipinski definition) is 7. The summed E-state index contributed by atoms with van der Waals surface area (Å²) in [6, 6.07) is 2.02. The minimum atomic E-state index is -0.353. The predicted molar refractivity (Wildman–Crippen MR) is 95.6 cm³/mol. The number of aromatic amines is 1. The van der Waals surface area contributed by atoms with Crippen molar-refractivity contribution < 1.29 is 14.3 Å². The first-order valence-electron chi connectivity index (χ1n) is 8.69. The van der Waals surface area contributed by atoms with Crippen LogP contribution in [0.2, 0.25) is 0 Å². The van der Waals surface area contributed by atoms with Gasteiger partial charge in [0.1, 0.15) is 6.10 Å². The molecule has 1 fully saturated rings. The summed E-state index contributed by atoms with van der Waals surface area (Å²) in [5.41, 5.74) is 1.01. The number of carbonyl (C=O) groups is 1. The lowest BCUT2D eigenvalue weighted by Crippen LogP contribution is -2.33. The predicted octanol–water partition coefficient (Wildman–Crippen LogP) is 2.72. The summed E-state index contributed by atoms with van der Waals surface area (Å²) in [6.45, 7) is 3.81. The standard InChI is InChI=1S/C17H24N6O3/c1-10(2)19-17(24)26-12-5-4-11(6-12)13-7-14(23-22-13)20-15-8-18-9-16(21-15)25-3/h7-12H,4-6H2,1-3H3,(H,19,24)(H2,20,21,22,23)/t11-,12+/m0/s1. The molecule has 0 aromatic carbocycles. The Hall–Kier alpha value is -2.84. The average Bonchev–Trinajstić information content (AvgIpc) is 3.23. The van der Waals surface area contributed by atoms with Crippen LogP contribution in [-0.4, -0.2) is 45.5 Å². The van der Waals surface area contributed by atoms with Gasteiger partial charge in [-0.3, -0.25) is 10.1 Å². The van der Waals surface area contributed by atoms with Gasteiger partial charge in [0.15, 0.2) is 11.6 Å². The topological polar surface area (TPSA) is 114 Å². The highest BCUT2D eigenvalue weighted by Crippen LogP contribution is 2.36. The Morgan fingerprint density at radius 3 is 2.92 bits per heavy atom. The fourth-order valence-electron chi connectivity index (χ4n) is 3.00. The van der Waals surface area contributed by atoms with E-state index in [1.165, 1.54) is 6.20 Å². The summed E-state index contributed by atoms with van der Waals surface area (Å²) in [4.78, 5) is 20.0. The summed E-state index contributed by atoms with van der Waals surface area (Å²) < 4.78 is 10.5. The van der Waals surface area contributed by atoms with Gasteiger partial charge in [-0.15, -0.1) is 0 Å². The van der Waals surface area contributed by atoms with Crippen molar-refractivity contribution in [1.82, 2.24) is 25.5 Å². The molecule has 0 unspecified atom stereocenters. The Kier molecular flexibility index (Phi) is 5.55. The molecule has 0 radical (unpaired) electrons. The summed E-state index contributed by atoms with van der Waals surface area (Å²) in [7, 11) is 1.54. The van der Waals surface area contributed by atoms with Gasteiger partial charge >= 0.3 is 6.09 Å². The van der Waals surface area contributed by atoms with Crippen molar-refractivity contribution >= 4 is 17.7 Å². The van der Waals surface area contributed by atoms with Gasteiger partial charge in [0.05, 0.1) is 19.5 Å². The van der Waals surface area contributed by atoms with Crippen LogP contribution in [0.5, 0.6) is 5.88 Å². The third-order valence-electron chi connectivity index (χ3n) is 4.18. The second kappa shape index (κ2) is 8.03. The second-order valence-electron chi connectivity index (χ2n) is 6.62. The van der Waals surface area contributed by atoms with Crippen LogP contribution in [0.4, 0.5) is 16.4 Å². The summed E-state index contributed by atoms with van der Waals surface area (Å²) in [5, 5.41) is 13.2. The number of aromatic nitrogens is 4. The molecule has 9 nitrogen and oxygen atoms in total. The zero-order valence-corrected chi connectivity index (χ0v) is 15.2. The number of amides is 1. The minimum absolute atomic E-state index is 0.0669. The normalized spacial score (nSPS) is 19.4. The maximum atomic E-state index is 11.7. The molecule has 2 aromatic heterocycles. The van der Waals surface area contributed by atoms with E-state index in [1.807, 2.05) is 19.9 Å². The first-order chi connectivity index (χ1) is 12.5. The number of nitrogens with zero attached hydrogens (tertiary/aromatic N) is 3. The van der Waals surface area contributed by atoms with Gasteiger partial charge in [-0.05, 0) is 33.1 Å². The molecule has 3 N–H and O–H groups in total. The quantitative estimate of drug-likeness (QED) is 0.725. The first kappa shape index (κ1) is 18.0. The highest BCUT2D eigenvalue weighted by molar-refractivity contribution is 5.67. The largest absolute Gasteiger partial charge is 0.480 e. The van der Waals surface area contributed by atoms with E-state index >= 15 is 0 Å². The fourth-order valence-corrected chi connectivity index (χ4v) is 3.00. The first-order valence-corrected chi connectivity index (χ1v) is 8.69. The molecule has 1 aliphatic carbocycles. The zero-order chi connectivity index (χ0) is 18.5. The molecule has 0 spiro atoms. The molecule has 140 valence electrons. The third-order valence-corrected chi connectivity index (χ3v) is 4.18. The van der Waals surface area contributed by atoms with E-state index in [9.17, 15) is 4.79 Å². The Morgan fingerprint density at radius 2 is 2.15 bits per heavy atom. The number of nitrogens with one attached hydrogen (secondary N) is 3. The smallest absolute Gasteiger partial charge is 0.407 e. The van der Waals surface area contributed by atoms with E-state index in [0.29, 0.717) is 17.5 Å². The molecule has 1 amide bonds. The molecule has 26 heavy (non-hydrogen) atoms. The summed E-state index contributed by atoms with van der Waals surface area (Å²) in [6.07, 6.45) is 5.29. The van der Waals surface area contributed by atoms with Crippen molar-refractivity contribution in [3.63, 3.8) is 0 Å².